The highest BCUT2D eigenvalue weighted by Crippen LogP contribution is 2.40. The zero-order valence-electron chi connectivity index (χ0n) is 13.7. The van der Waals surface area contributed by atoms with Crippen LogP contribution in [-0.2, 0) is 19.1 Å². The first-order valence-corrected chi connectivity index (χ1v) is 7.63. The minimum Gasteiger partial charge on any atom is -0.497 e. The fourth-order valence-corrected chi connectivity index (χ4v) is 3.23. The molecular formula is C17H21NO5. The summed E-state index contributed by atoms with van der Waals surface area (Å²) >= 11 is 0. The highest BCUT2D eigenvalue weighted by molar-refractivity contribution is 6.15. The lowest BCUT2D eigenvalue weighted by atomic mass is 9.80. The van der Waals surface area contributed by atoms with Crippen LogP contribution in [0.3, 0.4) is 0 Å². The first-order chi connectivity index (χ1) is 10.8. The number of Topliss-reactive ketones (excluding diaryl/α,β-unsaturated/α-hetero) is 1. The zero-order chi connectivity index (χ0) is 16.8. The Kier molecular flexibility index (Phi) is 3.90. The molecule has 3 atom stereocenters. The van der Waals surface area contributed by atoms with E-state index in [0.717, 1.165) is 5.69 Å². The number of hydrogen-bond acceptors (Lipinski definition) is 5. The standard InChI is InChI=1S/C17H21NO5/c1-10(19)14-15(13-9-22-17(2,3)23-13)18(16(14)20)11-5-7-12(21-4)8-6-11/h5-8,13-15H,9H2,1-4H3/t13-,14-,15-/m1/s1. The topological polar surface area (TPSA) is 65.1 Å². The summed E-state index contributed by atoms with van der Waals surface area (Å²) in [5.41, 5.74) is 0.728. The highest BCUT2D eigenvalue weighted by atomic mass is 16.7. The second-order valence-corrected chi connectivity index (χ2v) is 6.35. The molecule has 2 aliphatic rings. The second-order valence-electron chi connectivity index (χ2n) is 6.35. The molecule has 0 saturated carbocycles. The van der Waals surface area contributed by atoms with Crippen molar-refractivity contribution in [3.05, 3.63) is 24.3 Å². The van der Waals surface area contributed by atoms with Crippen LogP contribution < -0.4 is 9.64 Å². The summed E-state index contributed by atoms with van der Waals surface area (Å²) in [6.45, 7) is 5.46. The molecule has 6 heteroatoms. The monoisotopic (exact) mass is 319 g/mol. The van der Waals surface area contributed by atoms with E-state index in [0.29, 0.717) is 12.4 Å². The Morgan fingerprint density at radius 2 is 1.96 bits per heavy atom. The van der Waals surface area contributed by atoms with Crippen molar-refractivity contribution < 1.29 is 23.8 Å². The molecule has 2 aliphatic heterocycles. The molecule has 1 aromatic carbocycles. The number of carbonyl (C=O) groups is 2. The summed E-state index contributed by atoms with van der Waals surface area (Å²) in [7, 11) is 1.59. The van der Waals surface area contributed by atoms with Gasteiger partial charge in [-0.25, -0.2) is 0 Å². The molecular weight excluding hydrogens is 298 g/mol. The Bertz CT molecular complexity index is 624. The lowest BCUT2D eigenvalue weighted by Gasteiger charge is -2.48. The van der Waals surface area contributed by atoms with Crippen molar-refractivity contribution in [2.24, 2.45) is 5.92 Å². The Labute approximate surface area is 135 Å². The molecule has 2 fully saturated rings. The van der Waals surface area contributed by atoms with Gasteiger partial charge in [0.25, 0.3) is 0 Å². The van der Waals surface area contributed by atoms with Crippen LogP contribution in [0.25, 0.3) is 0 Å². The van der Waals surface area contributed by atoms with Gasteiger partial charge in [0.15, 0.2) is 5.79 Å². The van der Waals surface area contributed by atoms with E-state index in [-0.39, 0.29) is 23.8 Å². The van der Waals surface area contributed by atoms with E-state index in [4.69, 9.17) is 14.2 Å². The van der Waals surface area contributed by atoms with Gasteiger partial charge in [-0.2, -0.15) is 0 Å². The fraction of sp³-hybridized carbons (Fsp3) is 0.529. The summed E-state index contributed by atoms with van der Waals surface area (Å²) in [5.74, 6) is -0.988. The van der Waals surface area contributed by atoms with Gasteiger partial charge in [-0.1, -0.05) is 0 Å². The molecule has 0 aromatic heterocycles. The minimum absolute atomic E-state index is 0.141. The predicted octanol–water partition coefficient (Wildman–Crippen LogP) is 1.77. The van der Waals surface area contributed by atoms with Gasteiger partial charge in [0.05, 0.1) is 19.8 Å². The van der Waals surface area contributed by atoms with Gasteiger partial charge >= 0.3 is 0 Å². The van der Waals surface area contributed by atoms with Crippen molar-refractivity contribution in [2.75, 3.05) is 18.6 Å². The maximum Gasteiger partial charge on any atom is 0.240 e. The molecule has 0 aliphatic carbocycles. The quantitative estimate of drug-likeness (QED) is 0.625. The molecule has 0 radical (unpaired) electrons. The molecule has 3 rings (SSSR count). The molecule has 2 saturated heterocycles. The first-order valence-electron chi connectivity index (χ1n) is 7.63. The Balaban J connectivity index is 1.88. The summed E-state index contributed by atoms with van der Waals surface area (Å²) in [4.78, 5) is 26.0. The van der Waals surface area contributed by atoms with Gasteiger partial charge < -0.3 is 19.1 Å². The van der Waals surface area contributed by atoms with E-state index in [9.17, 15) is 9.59 Å². The summed E-state index contributed by atoms with van der Waals surface area (Å²) < 4.78 is 16.6. The van der Waals surface area contributed by atoms with Crippen molar-refractivity contribution in [1.82, 2.24) is 0 Å². The number of hydrogen-bond donors (Lipinski definition) is 0. The van der Waals surface area contributed by atoms with Crippen LogP contribution in [0.4, 0.5) is 5.69 Å². The summed E-state index contributed by atoms with van der Waals surface area (Å²) in [6, 6.07) is 6.85. The Hall–Kier alpha value is -1.92. The number of rotatable bonds is 4. The summed E-state index contributed by atoms with van der Waals surface area (Å²) in [6.07, 6.45) is -0.321. The number of anilines is 1. The minimum atomic E-state index is -0.698. The van der Waals surface area contributed by atoms with Crippen LogP contribution in [0.5, 0.6) is 5.75 Å². The maximum absolute atomic E-state index is 12.5. The van der Waals surface area contributed by atoms with E-state index in [1.165, 1.54) is 6.92 Å². The fourth-order valence-electron chi connectivity index (χ4n) is 3.23. The van der Waals surface area contributed by atoms with E-state index in [2.05, 4.69) is 0 Å². The van der Waals surface area contributed by atoms with E-state index in [1.54, 1.807) is 36.3 Å². The molecule has 0 N–H and O–H groups in total. The van der Waals surface area contributed by atoms with Gasteiger partial charge in [-0.05, 0) is 45.0 Å². The molecule has 0 unspecified atom stereocenters. The van der Waals surface area contributed by atoms with Gasteiger partial charge in [-0.3, -0.25) is 9.59 Å². The average Bonchev–Trinajstić information content (AvgIpc) is 2.84. The lowest BCUT2D eigenvalue weighted by molar-refractivity contribution is -0.156. The van der Waals surface area contributed by atoms with Gasteiger partial charge in [-0.15, -0.1) is 0 Å². The molecule has 124 valence electrons. The highest BCUT2D eigenvalue weighted by Gasteiger charge is 2.57. The number of ketones is 1. The van der Waals surface area contributed by atoms with E-state index >= 15 is 0 Å². The number of nitrogens with zero attached hydrogens (tertiary/aromatic N) is 1. The maximum atomic E-state index is 12.5. The zero-order valence-corrected chi connectivity index (χ0v) is 13.7. The number of amides is 1. The first kappa shape index (κ1) is 16.0. The largest absolute Gasteiger partial charge is 0.497 e. The van der Waals surface area contributed by atoms with Gasteiger partial charge in [0.2, 0.25) is 5.91 Å². The van der Waals surface area contributed by atoms with Crippen molar-refractivity contribution >= 4 is 17.4 Å². The summed E-state index contributed by atoms with van der Waals surface area (Å²) in [5, 5.41) is 0. The van der Waals surface area contributed by atoms with Crippen molar-refractivity contribution in [1.29, 1.82) is 0 Å². The normalized spacial score (nSPS) is 29.3. The van der Waals surface area contributed by atoms with Crippen molar-refractivity contribution in [3.8, 4) is 5.75 Å². The Morgan fingerprint density at radius 1 is 1.30 bits per heavy atom. The third-order valence-corrected chi connectivity index (χ3v) is 4.34. The van der Waals surface area contributed by atoms with Crippen LogP contribution in [0, 0.1) is 5.92 Å². The van der Waals surface area contributed by atoms with E-state index in [1.807, 2.05) is 13.8 Å². The Morgan fingerprint density at radius 3 is 2.43 bits per heavy atom. The van der Waals surface area contributed by atoms with Crippen molar-refractivity contribution in [3.63, 3.8) is 0 Å². The SMILES string of the molecule is COc1ccc(N2C(=O)[C@H](C(C)=O)[C@H]2[C@H]2COC(C)(C)O2)cc1. The molecule has 1 aromatic rings. The predicted molar refractivity (Wildman–Crippen MR) is 83.3 cm³/mol. The van der Waals surface area contributed by atoms with Gasteiger partial charge in [0.1, 0.15) is 23.6 Å². The second kappa shape index (κ2) is 5.62. The van der Waals surface area contributed by atoms with Crippen LogP contribution in [0.2, 0.25) is 0 Å². The van der Waals surface area contributed by atoms with Crippen LogP contribution >= 0.6 is 0 Å². The van der Waals surface area contributed by atoms with E-state index < -0.39 is 11.7 Å². The average molecular weight is 319 g/mol. The van der Waals surface area contributed by atoms with Crippen LogP contribution in [0.15, 0.2) is 24.3 Å². The van der Waals surface area contributed by atoms with Crippen molar-refractivity contribution in [2.45, 2.75) is 38.7 Å². The van der Waals surface area contributed by atoms with Gasteiger partial charge in [0, 0.05) is 5.69 Å². The number of β-lactam (4-membered cyclic amide) rings is 1. The number of ether oxygens (including phenoxy) is 3. The number of methoxy groups -OCH3 is 1. The molecule has 0 spiro atoms. The molecule has 1 amide bonds. The third-order valence-electron chi connectivity index (χ3n) is 4.34. The molecule has 23 heavy (non-hydrogen) atoms. The number of carbonyl (C=O) groups excluding carboxylic acids is 2. The molecule has 6 nitrogen and oxygen atoms in total. The number of benzene rings is 1. The smallest absolute Gasteiger partial charge is 0.240 e. The lowest BCUT2D eigenvalue weighted by Crippen LogP contribution is -2.68. The molecule has 2 heterocycles. The third kappa shape index (κ3) is 2.72. The van der Waals surface area contributed by atoms with Crippen LogP contribution in [0.1, 0.15) is 20.8 Å². The molecule has 0 bridgehead atoms. The van der Waals surface area contributed by atoms with Crippen LogP contribution in [-0.4, -0.2) is 43.3 Å².